The number of nitrogens with one attached hydrogen (secondary N) is 1. The van der Waals surface area contributed by atoms with E-state index in [-0.39, 0.29) is 28.4 Å². The number of benzene rings is 2. The SMILES string of the molecule is Cc1cc(C(=O)Nc2ccc(Oc3ccc(F)c(OC(F)(F)F)c3)cc2)c(N)nc1F. The number of hydrogen-bond donors (Lipinski definition) is 2. The molecule has 0 aliphatic heterocycles. The highest BCUT2D eigenvalue weighted by Crippen LogP contribution is 2.31. The lowest BCUT2D eigenvalue weighted by Gasteiger charge is -2.12. The maximum atomic E-state index is 13.5. The number of nitrogen functional groups attached to an aromatic ring is 1. The Balaban J connectivity index is 1.70. The van der Waals surface area contributed by atoms with Crippen LogP contribution in [0.2, 0.25) is 0 Å². The van der Waals surface area contributed by atoms with E-state index >= 15 is 0 Å². The summed E-state index contributed by atoms with van der Waals surface area (Å²) in [7, 11) is 0. The molecule has 0 bridgehead atoms. The number of alkyl halides is 3. The summed E-state index contributed by atoms with van der Waals surface area (Å²) < 4.78 is 72.8. The summed E-state index contributed by atoms with van der Waals surface area (Å²) >= 11 is 0. The zero-order valence-corrected chi connectivity index (χ0v) is 15.8. The lowest BCUT2D eigenvalue weighted by Crippen LogP contribution is -2.17. The Labute approximate surface area is 172 Å². The summed E-state index contributed by atoms with van der Waals surface area (Å²) in [4.78, 5) is 15.8. The van der Waals surface area contributed by atoms with Crippen LogP contribution in [-0.4, -0.2) is 17.3 Å². The number of nitrogens with two attached hydrogens (primary N) is 1. The normalized spacial score (nSPS) is 11.2. The maximum absolute atomic E-state index is 13.5. The number of aromatic nitrogens is 1. The predicted octanol–water partition coefficient (Wildman–Crippen LogP) is 5.19. The van der Waals surface area contributed by atoms with E-state index in [1.54, 1.807) is 0 Å². The molecule has 1 aromatic heterocycles. The van der Waals surface area contributed by atoms with E-state index in [1.807, 2.05) is 0 Å². The summed E-state index contributed by atoms with van der Waals surface area (Å²) in [6, 6.07) is 9.65. The Kier molecular flexibility index (Phi) is 5.95. The van der Waals surface area contributed by atoms with Crippen molar-refractivity contribution in [2.24, 2.45) is 0 Å². The Morgan fingerprint density at radius 2 is 1.68 bits per heavy atom. The molecule has 2 aromatic carbocycles. The minimum absolute atomic E-state index is 0.0114. The van der Waals surface area contributed by atoms with E-state index in [0.29, 0.717) is 5.69 Å². The molecule has 0 spiro atoms. The number of amides is 1. The molecule has 1 heterocycles. The number of anilines is 2. The van der Waals surface area contributed by atoms with Crippen molar-refractivity contribution in [2.75, 3.05) is 11.1 Å². The molecule has 3 aromatic rings. The van der Waals surface area contributed by atoms with Gasteiger partial charge in [-0.05, 0) is 49.4 Å². The third-order valence-corrected chi connectivity index (χ3v) is 3.90. The van der Waals surface area contributed by atoms with Crippen LogP contribution in [0.5, 0.6) is 17.2 Å². The second kappa shape index (κ2) is 8.46. The van der Waals surface area contributed by atoms with Crippen molar-refractivity contribution in [3.05, 3.63) is 71.4 Å². The summed E-state index contributed by atoms with van der Waals surface area (Å²) in [6.45, 7) is 1.44. The minimum atomic E-state index is -5.05. The number of halogens is 5. The van der Waals surface area contributed by atoms with Gasteiger partial charge in [0.25, 0.3) is 5.91 Å². The first-order chi connectivity index (χ1) is 14.5. The molecular weight excluding hydrogens is 425 g/mol. The van der Waals surface area contributed by atoms with Crippen molar-refractivity contribution in [1.29, 1.82) is 0 Å². The largest absolute Gasteiger partial charge is 0.573 e. The first-order valence-electron chi connectivity index (χ1n) is 8.59. The van der Waals surface area contributed by atoms with Crippen LogP contribution in [0.3, 0.4) is 0 Å². The van der Waals surface area contributed by atoms with Gasteiger partial charge in [-0.2, -0.15) is 4.39 Å². The van der Waals surface area contributed by atoms with Crippen molar-refractivity contribution >= 4 is 17.4 Å². The van der Waals surface area contributed by atoms with Crippen LogP contribution in [0, 0.1) is 18.7 Å². The number of aryl methyl sites for hydroxylation is 1. The van der Waals surface area contributed by atoms with Crippen molar-refractivity contribution in [1.82, 2.24) is 4.98 Å². The monoisotopic (exact) mass is 439 g/mol. The van der Waals surface area contributed by atoms with Gasteiger partial charge in [-0.3, -0.25) is 4.79 Å². The molecule has 0 atom stereocenters. The van der Waals surface area contributed by atoms with Gasteiger partial charge in [0.1, 0.15) is 17.3 Å². The molecule has 11 heteroatoms. The Morgan fingerprint density at radius 3 is 2.32 bits per heavy atom. The molecule has 0 unspecified atom stereocenters. The van der Waals surface area contributed by atoms with Gasteiger partial charge in [-0.25, -0.2) is 9.37 Å². The van der Waals surface area contributed by atoms with Crippen molar-refractivity contribution in [2.45, 2.75) is 13.3 Å². The first-order valence-corrected chi connectivity index (χ1v) is 8.59. The number of pyridine rings is 1. The zero-order chi connectivity index (χ0) is 22.8. The standard InChI is InChI=1S/C20H14F5N3O3/c1-10-8-14(18(26)28-17(10)22)19(29)27-11-2-4-12(5-3-11)30-13-6-7-15(21)16(9-13)31-20(23,24)25/h2-9H,1H3,(H2,26,28)(H,27,29). The molecule has 162 valence electrons. The van der Waals surface area contributed by atoms with Gasteiger partial charge in [-0.15, -0.1) is 13.2 Å². The van der Waals surface area contributed by atoms with E-state index in [9.17, 15) is 26.7 Å². The molecule has 1 amide bonds. The van der Waals surface area contributed by atoms with Crippen LogP contribution in [0.1, 0.15) is 15.9 Å². The van der Waals surface area contributed by atoms with Crippen molar-refractivity contribution in [3.63, 3.8) is 0 Å². The smallest absolute Gasteiger partial charge is 0.457 e. The topological polar surface area (TPSA) is 86.5 Å². The second-order valence-corrected chi connectivity index (χ2v) is 6.25. The summed E-state index contributed by atoms with van der Waals surface area (Å²) in [5.41, 5.74) is 6.05. The van der Waals surface area contributed by atoms with Crippen molar-refractivity contribution in [3.8, 4) is 17.2 Å². The number of carbonyl (C=O) groups is 1. The van der Waals surface area contributed by atoms with Gasteiger partial charge in [0.05, 0.1) is 5.56 Å². The molecular formula is C20H14F5N3O3. The van der Waals surface area contributed by atoms with E-state index < -0.39 is 29.8 Å². The summed E-state index contributed by atoms with van der Waals surface area (Å²) in [5, 5.41) is 2.55. The Morgan fingerprint density at radius 1 is 1.03 bits per heavy atom. The molecule has 0 radical (unpaired) electrons. The molecule has 6 nitrogen and oxygen atoms in total. The zero-order valence-electron chi connectivity index (χ0n) is 15.8. The fraction of sp³-hybridized carbons (Fsp3) is 0.100. The third kappa shape index (κ3) is 5.59. The lowest BCUT2D eigenvalue weighted by molar-refractivity contribution is -0.275. The van der Waals surface area contributed by atoms with Gasteiger partial charge >= 0.3 is 6.36 Å². The molecule has 0 aliphatic rings. The van der Waals surface area contributed by atoms with Gasteiger partial charge in [-0.1, -0.05) is 0 Å². The van der Waals surface area contributed by atoms with Crippen LogP contribution in [0.4, 0.5) is 33.5 Å². The van der Waals surface area contributed by atoms with Gasteiger partial charge < -0.3 is 20.5 Å². The van der Waals surface area contributed by atoms with Crippen LogP contribution >= 0.6 is 0 Å². The Hall–Kier alpha value is -3.89. The molecule has 0 saturated carbocycles. The quantitative estimate of drug-likeness (QED) is 0.422. The van der Waals surface area contributed by atoms with Crippen LogP contribution in [0.15, 0.2) is 48.5 Å². The van der Waals surface area contributed by atoms with Gasteiger partial charge in [0, 0.05) is 17.3 Å². The molecule has 31 heavy (non-hydrogen) atoms. The highest BCUT2D eigenvalue weighted by atomic mass is 19.4. The highest BCUT2D eigenvalue weighted by Gasteiger charge is 2.32. The minimum Gasteiger partial charge on any atom is -0.457 e. The lowest BCUT2D eigenvalue weighted by atomic mass is 10.1. The predicted molar refractivity (Wildman–Crippen MR) is 101 cm³/mol. The van der Waals surface area contributed by atoms with Gasteiger partial charge in [0.15, 0.2) is 11.6 Å². The highest BCUT2D eigenvalue weighted by molar-refractivity contribution is 6.07. The van der Waals surface area contributed by atoms with E-state index in [2.05, 4.69) is 15.0 Å². The van der Waals surface area contributed by atoms with Crippen LogP contribution in [-0.2, 0) is 0 Å². The first kappa shape index (κ1) is 21.8. The number of carbonyl (C=O) groups excluding carboxylic acids is 1. The summed E-state index contributed by atoms with van der Waals surface area (Å²) in [6.07, 6.45) is -5.05. The second-order valence-electron chi connectivity index (χ2n) is 6.25. The molecule has 3 rings (SSSR count). The molecule has 3 N–H and O–H groups in total. The van der Waals surface area contributed by atoms with E-state index in [4.69, 9.17) is 10.5 Å². The molecule has 0 fully saturated rings. The average Bonchev–Trinajstić information content (AvgIpc) is 2.67. The number of nitrogens with zero attached hydrogens (tertiary/aromatic N) is 1. The number of ether oxygens (including phenoxy) is 2. The average molecular weight is 439 g/mol. The fourth-order valence-corrected chi connectivity index (χ4v) is 2.48. The molecule has 0 aliphatic carbocycles. The van der Waals surface area contributed by atoms with E-state index in [0.717, 1.165) is 18.2 Å². The maximum Gasteiger partial charge on any atom is 0.573 e. The molecule has 0 saturated heterocycles. The summed E-state index contributed by atoms with van der Waals surface area (Å²) in [5.74, 6) is -3.80. The van der Waals surface area contributed by atoms with Gasteiger partial charge in [0.2, 0.25) is 5.95 Å². The number of hydrogen-bond acceptors (Lipinski definition) is 5. The Bertz CT molecular complexity index is 1120. The fourth-order valence-electron chi connectivity index (χ4n) is 2.48. The van der Waals surface area contributed by atoms with Crippen LogP contribution < -0.4 is 20.5 Å². The van der Waals surface area contributed by atoms with Crippen LogP contribution in [0.25, 0.3) is 0 Å². The third-order valence-electron chi connectivity index (χ3n) is 3.90. The number of rotatable bonds is 5. The van der Waals surface area contributed by atoms with Crippen molar-refractivity contribution < 1.29 is 36.2 Å². The van der Waals surface area contributed by atoms with E-state index in [1.165, 1.54) is 37.3 Å².